The van der Waals surface area contributed by atoms with Crippen LogP contribution < -0.4 is 10.1 Å². The molecule has 1 atom stereocenters. The Hall–Kier alpha value is -4.59. The number of Topliss-reactive ketones (excluding diaryl/α,β-unsaturated/α-hetero) is 1. The van der Waals surface area contributed by atoms with E-state index >= 15 is 0 Å². The lowest BCUT2D eigenvalue weighted by molar-refractivity contribution is -0.132. The van der Waals surface area contributed by atoms with Crippen molar-refractivity contribution in [2.45, 2.75) is 32.7 Å². The van der Waals surface area contributed by atoms with E-state index in [9.17, 15) is 14.4 Å². The van der Waals surface area contributed by atoms with Gasteiger partial charge in [0.05, 0.1) is 11.6 Å². The van der Waals surface area contributed by atoms with Gasteiger partial charge < -0.3 is 24.7 Å². The number of benzene rings is 3. The first-order valence-electron chi connectivity index (χ1n) is 13.6. The van der Waals surface area contributed by atoms with Crippen molar-refractivity contribution in [1.82, 2.24) is 15.2 Å². The molecule has 1 aliphatic rings. The van der Waals surface area contributed by atoms with Crippen molar-refractivity contribution in [2.75, 3.05) is 26.3 Å². The van der Waals surface area contributed by atoms with E-state index in [1.54, 1.807) is 36.2 Å². The number of alkyl carbamates (subject to hydrolysis) is 1. The second kappa shape index (κ2) is 11.7. The van der Waals surface area contributed by atoms with E-state index in [-0.39, 0.29) is 30.8 Å². The van der Waals surface area contributed by atoms with Gasteiger partial charge in [0.15, 0.2) is 12.4 Å². The Balaban J connectivity index is 1.22. The molecule has 0 spiro atoms. The van der Waals surface area contributed by atoms with Crippen LogP contribution in [-0.2, 0) is 9.53 Å². The molecule has 3 aromatic carbocycles. The summed E-state index contributed by atoms with van der Waals surface area (Å²) in [5, 5.41) is 3.33. The second-order valence-electron chi connectivity index (χ2n) is 9.79. The normalized spacial score (nSPS) is 12.9. The summed E-state index contributed by atoms with van der Waals surface area (Å²) in [6.07, 6.45) is 0.948. The van der Waals surface area contributed by atoms with E-state index in [4.69, 9.17) is 9.47 Å². The number of ether oxygens (including phenoxy) is 2. The van der Waals surface area contributed by atoms with Gasteiger partial charge >= 0.3 is 6.09 Å². The number of carbonyl (C=O) groups excluding carboxylic acids is 3. The molecule has 8 heteroatoms. The molecule has 2 amide bonds. The van der Waals surface area contributed by atoms with Crippen LogP contribution in [0.1, 0.15) is 48.2 Å². The Morgan fingerprint density at radius 3 is 2.23 bits per heavy atom. The van der Waals surface area contributed by atoms with Gasteiger partial charge in [-0.3, -0.25) is 9.59 Å². The lowest BCUT2D eigenvalue weighted by Gasteiger charge is -2.18. The highest BCUT2D eigenvalue weighted by Crippen LogP contribution is 2.44. The molecule has 5 rings (SSSR count). The van der Waals surface area contributed by atoms with Crippen molar-refractivity contribution in [2.24, 2.45) is 0 Å². The molecule has 8 nitrogen and oxygen atoms in total. The van der Waals surface area contributed by atoms with E-state index in [1.807, 2.05) is 38.1 Å². The zero-order valence-corrected chi connectivity index (χ0v) is 22.9. The summed E-state index contributed by atoms with van der Waals surface area (Å²) in [5.74, 6) is 0.0425. The topological polar surface area (TPSA) is 101 Å². The van der Waals surface area contributed by atoms with Gasteiger partial charge in [0.1, 0.15) is 12.4 Å². The number of hydrogen-bond acceptors (Lipinski definition) is 5. The summed E-state index contributed by atoms with van der Waals surface area (Å²) in [7, 11) is 0. The zero-order valence-electron chi connectivity index (χ0n) is 22.9. The number of aromatic nitrogens is 1. The van der Waals surface area contributed by atoms with E-state index in [0.29, 0.717) is 35.3 Å². The van der Waals surface area contributed by atoms with Gasteiger partial charge in [-0.15, -0.1) is 0 Å². The van der Waals surface area contributed by atoms with Crippen molar-refractivity contribution in [3.05, 3.63) is 89.6 Å². The highest BCUT2D eigenvalue weighted by Gasteiger charge is 2.29. The largest absolute Gasteiger partial charge is 0.482 e. The summed E-state index contributed by atoms with van der Waals surface area (Å²) >= 11 is 0. The van der Waals surface area contributed by atoms with Gasteiger partial charge in [0.25, 0.3) is 5.91 Å². The Morgan fingerprint density at radius 1 is 0.925 bits per heavy atom. The Kier molecular flexibility index (Phi) is 7.86. The van der Waals surface area contributed by atoms with E-state index in [2.05, 4.69) is 34.6 Å². The van der Waals surface area contributed by atoms with Crippen LogP contribution in [-0.4, -0.2) is 60.0 Å². The van der Waals surface area contributed by atoms with Gasteiger partial charge in [0.2, 0.25) is 0 Å². The first-order chi connectivity index (χ1) is 19.4. The van der Waals surface area contributed by atoms with Crippen LogP contribution in [0.4, 0.5) is 4.79 Å². The SMILES string of the molecule is CCN(CC)C(=O)COc1cccc2c(C(=O)C(C)NC(=O)OCC3c4ccccc4-c4ccccc43)c[nH]c12. The van der Waals surface area contributed by atoms with Crippen LogP contribution in [0.25, 0.3) is 22.0 Å². The number of fused-ring (bicyclic) bond motifs is 4. The quantitative estimate of drug-likeness (QED) is 0.258. The van der Waals surface area contributed by atoms with Crippen molar-refractivity contribution >= 4 is 28.7 Å². The third-order valence-electron chi connectivity index (χ3n) is 7.48. The number of amides is 2. The standard InChI is InChI=1S/C32H33N3O5/c1-4-35(5-2)29(36)19-39-28-16-10-15-25-26(17-33-30(25)28)31(37)20(3)34-32(38)40-18-27-23-13-8-6-11-21(23)22-12-7-9-14-24(22)27/h6-17,20,27,33H,4-5,18-19H2,1-3H3,(H,34,38). The Bertz CT molecular complexity index is 1510. The van der Waals surface area contributed by atoms with E-state index in [0.717, 1.165) is 22.3 Å². The van der Waals surface area contributed by atoms with Gasteiger partial charge in [0, 0.05) is 36.2 Å². The third kappa shape index (κ3) is 5.17. The summed E-state index contributed by atoms with van der Waals surface area (Å²) in [6.45, 7) is 6.76. The number of nitrogens with one attached hydrogen (secondary N) is 2. The molecule has 4 aromatic rings. The zero-order chi connectivity index (χ0) is 28.2. The Morgan fingerprint density at radius 2 is 1.57 bits per heavy atom. The number of H-pyrrole nitrogens is 1. The Labute approximate surface area is 233 Å². The van der Waals surface area contributed by atoms with Gasteiger partial charge in [-0.05, 0) is 49.1 Å². The molecule has 0 bridgehead atoms. The molecular weight excluding hydrogens is 506 g/mol. The maximum atomic E-state index is 13.3. The number of ketones is 1. The molecule has 206 valence electrons. The minimum Gasteiger partial charge on any atom is -0.482 e. The smallest absolute Gasteiger partial charge is 0.407 e. The van der Waals surface area contributed by atoms with Crippen LogP contribution in [0, 0.1) is 0 Å². The summed E-state index contributed by atoms with van der Waals surface area (Å²) in [5.41, 5.74) is 5.58. The van der Waals surface area contributed by atoms with Gasteiger partial charge in [-0.2, -0.15) is 0 Å². The van der Waals surface area contributed by atoms with E-state index < -0.39 is 12.1 Å². The fourth-order valence-electron chi connectivity index (χ4n) is 5.37. The molecule has 0 fully saturated rings. The van der Waals surface area contributed by atoms with Crippen molar-refractivity contribution in [3.8, 4) is 16.9 Å². The first kappa shape index (κ1) is 27.0. The van der Waals surface area contributed by atoms with Gasteiger partial charge in [-0.1, -0.05) is 60.7 Å². The summed E-state index contributed by atoms with van der Waals surface area (Å²) in [4.78, 5) is 43.2. The molecule has 1 aliphatic carbocycles. The predicted molar refractivity (Wildman–Crippen MR) is 154 cm³/mol. The number of hydrogen-bond donors (Lipinski definition) is 2. The molecule has 0 saturated heterocycles. The van der Waals surface area contributed by atoms with Crippen LogP contribution in [0.3, 0.4) is 0 Å². The summed E-state index contributed by atoms with van der Waals surface area (Å²) < 4.78 is 11.4. The third-order valence-corrected chi connectivity index (χ3v) is 7.48. The van der Waals surface area contributed by atoms with Crippen molar-refractivity contribution < 1.29 is 23.9 Å². The van der Waals surface area contributed by atoms with Gasteiger partial charge in [-0.25, -0.2) is 4.79 Å². The lowest BCUT2D eigenvalue weighted by atomic mass is 9.98. The number of aromatic amines is 1. The molecule has 40 heavy (non-hydrogen) atoms. The summed E-state index contributed by atoms with van der Waals surface area (Å²) in [6, 6.07) is 20.8. The highest BCUT2D eigenvalue weighted by molar-refractivity contribution is 6.11. The fraction of sp³-hybridized carbons (Fsp3) is 0.281. The molecule has 2 N–H and O–H groups in total. The monoisotopic (exact) mass is 539 g/mol. The minimum absolute atomic E-state index is 0.0650. The van der Waals surface area contributed by atoms with Crippen LogP contribution in [0.5, 0.6) is 5.75 Å². The maximum Gasteiger partial charge on any atom is 0.407 e. The van der Waals surface area contributed by atoms with Crippen LogP contribution in [0.2, 0.25) is 0 Å². The van der Waals surface area contributed by atoms with Crippen molar-refractivity contribution in [1.29, 1.82) is 0 Å². The molecule has 0 aliphatic heterocycles. The van der Waals surface area contributed by atoms with Crippen molar-refractivity contribution in [3.63, 3.8) is 0 Å². The fourth-order valence-corrected chi connectivity index (χ4v) is 5.37. The maximum absolute atomic E-state index is 13.3. The van der Waals surface area contributed by atoms with E-state index in [1.165, 1.54) is 0 Å². The number of carbonyl (C=O) groups is 3. The molecule has 0 radical (unpaired) electrons. The molecular formula is C32H33N3O5. The minimum atomic E-state index is -0.816. The number of para-hydroxylation sites is 1. The number of rotatable bonds is 10. The second-order valence-corrected chi connectivity index (χ2v) is 9.79. The van der Waals surface area contributed by atoms with Crippen LogP contribution in [0.15, 0.2) is 72.9 Å². The number of likely N-dealkylation sites (N-methyl/N-ethyl adjacent to an activating group) is 1. The average molecular weight is 540 g/mol. The first-order valence-corrected chi connectivity index (χ1v) is 13.6. The van der Waals surface area contributed by atoms with Crippen LogP contribution >= 0.6 is 0 Å². The predicted octanol–water partition coefficient (Wildman–Crippen LogP) is 5.53. The average Bonchev–Trinajstić information content (AvgIpc) is 3.55. The molecule has 1 heterocycles. The number of nitrogens with zero attached hydrogens (tertiary/aromatic N) is 1. The molecule has 1 aromatic heterocycles. The molecule has 0 saturated carbocycles. The molecule has 1 unspecified atom stereocenters. The lowest BCUT2D eigenvalue weighted by Crippen LogP contribution is -2.39. The highest BCUT2D eigenvalue weighted by atomic mass is 16.5.